The number of fused-ring (bicyclic) bond motifs is 1. The van der Waals surface area contributed by atoms with Crippen LogP contribution in [-0.2, 0) is 0 Å². The maximum atomic E-state index is 5.85. The first-order valence-corrected chi connectivity index (χ1v) is 9.52. The third kappa shape index (κ3) is 4.98. The number of rotatable bonds is 6. The summed E-state index contributed by atoms with van der Waals surface area (Å²) >= 11 is 5.23. The number of anilines is 1. The second kappa shape index (κ2) is 9.15. The molecule has 0 unspecified atom stereocenters. The Hall–Kier alpha value is -3.78. The van der Waals surface area contributed by atoms with Gasteiger partial charge in [-0.1, -0.05) is 0 Å². The molecule has 1 aliphatic heterocycles. The Kier molecular flexibility index (Phi) is 5.95. The predicted molar refractivity (Wildman–Crippen MR) is 119 cm³/mol. The van der Waals surface area contributed by atoms with E-state index in [1.54, 1.807) is 19.4 Å². The van der Waals surface area contributed by atoms with Crippen molar-refractivity contribution in [1.29, 1.82) is 0 Å². The lowest BCUT2D eigenvalue weighted by Gasteiger charge is -2.08. The van der Waals surface area contributed by atoms with Gasteiger partial charge >= 0.3 is 0 Å². The van der Waals surface area contributed by atoms with Gasteiger partial charge < -0.3 is 24.3 Å². The van der Waals surface area contributed by atoms with Crippen LogP contribution in [0.5, 0.6) is 28.7 Å². The van der Waals surface area contributed by atoms with E-state index in [0.29, 0.717) is 22.4 Å². The number of methoxy groups -OCH3 is 1. The fourth-order valence-corrected chi connectivity index (χ4v) is 2.87. The molecule has 1 aliphatic rings. The van der Waals surface area contributed by atoms with Crippen molar-refractivity contribution in [3.8, 4) is 28.7 Å². The molecule has 0 spiro atoms. The van der Waals surface area contributed by atoms with Gasteiger partial charge in [-0.05, 0) is 78.4 Å². The van der Waals surface area contributed by atoms with E-state index in [4.69, 9.17) is 31.2 Å². The van der Waals surface area contributed by atoms with Crippen molar-refractivity contribution in [3.05, 3.63) is 72.3 Å². The highest BCUT2D eigenvalue weighted by molar-refractivity contribution is 7.80. The Morgan fingerprint density at radius 1 is 0.933 bits per heavy atom. The highest BCUT2D eigenvalue weighted by atomic mass is 32.1. The van der Waals surface area contributed by atoms with Crippen molar-refractivity contribution >= 4 is 29.2 Å². The SMILES string of the molecule is COc1ccc(NC(=S)N/N=C/c2ccc(Oc3ccc4c(c3)OCO4)cc2)cc1. The number of benzene rings is 3. The number of nitrogens with zero attached hydrogens (tertiary/aromatic N) is 1. The minimum absolute atomic E-state index is 0.236. The minimum atomic E-state index is 0.236. The Morgan fingerprint density at radius 3 is 2.40 bits per heavy atom. The molecule has 0 radical (unpaired) electrons. The highest BCUT2D eigenvalue weighted by Crippen LogP contribution is 2.36. The molecule has 0 fully saturated rings. The molecule has 0 amide bonds. The average Bonchev–Trinajstić information content (AvgIpc) is 3.23. The Morgan fingerprint density at radius 2 is 1.63 bits per heavy atom. The normalized spacial score (nSPS) is 11.9. The largest absolute Gasteiger partial charge is 0.497 e. The fourth-order valence-electron chi connectivity index (χ4n) is 2.70. The molecular formula is C22H19N3O4S. The standard InChI is InChI=1S/C22H19N3O4S/c1-26-17-8-4-16(5-9-17)24-22(30)25-23-13-15-2-6-18(7-3-15)29-19-10-11-20-21(12-19)28-14-27-20/h2-13H,14H2,1H3,(H2,24,25,30)/b23-13+. The second-order valence-corrected chi connectivity index (χ2v) is 6.65. The van der Waals surface area contributed by atoms with E-state index in [2.05, 4.69) is 15.8 Å². The van der Waals surface area contributed by atoms with Gasteiger partial charge in [0, 0.05) is 11.8 Å². The topological polar surface area (TPSA) is 73.3 Å². The molecule has 1 heterocycles. The summed E-state index contributed by atoms with van der Waals surface area (Å²) in [6.07, 6.45) is 1.67. The number of nitrogens with one attached hydrogen (secondary N) is 2. The van der Waals surface area contributed by atoms with Crippen molar-refractivity contribution in [2.45, 2.75) is 0 Å². The molecular weight excluding hydrogens is 402 g/mol. The van der Waals surface area contributed by atoms with Crippen LogP contribution in [0.3, 0.4) is 0 Å². The van der Waals surface area contributed by atoms with Gasteiger partial charge in [0.05, 0.1) is 13.3 Å². The summed E-state index contributed by atoms with van der Waals surface area (Å²) in [6.45, 7) is 0.236. The molecule has 3 aromatic carbocycles. The molecule has 30 heavy (non-hydrogen) atoms. The van der Waals surface area contributed by atoms with Crippen molar-refractivity contribution < 1.29 is 18.9 Å². The fraction of sp³-hybridized carbons (Fsp3) is 0.0909. The van der Waals surface area contributed by atoms with Crippen molar-refractivity contribution in [2.75, 3.05) is 19.2 Å². The van der Waals surface area contributed by atoms with Gasteiger partial charge in [-0.25, -0.2) is 0 Å². The van der Waals surface area contributed by atoms with Crippen molar-refractivity contribution in [1.82, 2.24) is 5.43 Å². The van der Waals surface area contributed by atoms with Crippen molar-refractivity contribution in [3.63, 3.8) is 0 Å². The van der Waals surface area contributed by atoms with Gasteiger partial charge in [0.2, 0.25) is 6.79 Å². The molecule has 0 saturated heterocycles. The van der Waals surface area contributed by atoms with Crippen LogP contribution in [0, 0.1) is 0 Å². The van der Waals surface area contributed by atoms with E-state index in [1.807, 2.05) is 60.7 Å². The van der Waals surface area contributed by atoms with E-state index < -0.39 is 0 Å². The van der Waals surface area contributed by atoms with Crippen LogP contribution in [0.1, 0.15) is 5.56 Å². The number of hydrogen-bond acceptors (Lipinski definition) is 6. The van der Waals surface area contributed by atoms with E-state index in [9.17, 15) is 0 Å². The Balaban J connectivity index is 1.28. The maximum Gasteiger partial charge on any atom is 0.231 e. The Labute approximate surface area is 179 Å². The summed E-state index contributed by atoms with van der Waals surface area (Å²) in [5.74, 6) is 3.57. The van der Waals surface area contributed by atoms with Crippen molar-refractivity contribution in [2.24, 2.45) is 5.10 Å². The number of thiocarbonyl (C=S) groups is 1. The van der Waals surface area contributed by atoms with Gasteiger partial charge in [-0.15, -0.1) is 0 Å². The van der Waals surface area contributed by atoms with E-state index in [-0.39, 0.29) is 6.79 Å². The maximum absolute atomic E-state index is 5.85. The van der Waals surface area contributed by atoms with Crippen LogP contribution < -0.4 is 29.7 Å². The lowest BCUT2D eigenvalue weighted by atomic mass is 10.2. The quantitative estimate of drug-likeness (QED) is 0.344. The summed E-state index contributed by atoms with van der Waals surface area (Å²) in [6, 6.07) is 20.4. The summed E-state index contributed by atoms with van der Waals surface area (Å²) in [5.41, 5.74) is 4.53. The average molecular weight is 421 g/mol. The molecule has 7 nitrogen and oxygen atoms in total. The van der Waals surface area contributed by atoms with Crippen LogP contribution in [0.25, 0.3) is 0 Å². The van der Waals surface area contributed by atoms with E-state index in [1.165, 1.54) is 0 Å². The zero-order chi connectivity index (χ0) is 20.8. The first kappa shape index (κ1) is 19.5. The van der Waals surface area contributed by atoms with Crippen LogP contribution >= 0.6 is 12.2 Å². The van der Waals surface area contributed by atoms with Gasteiger partial charge in [-0.3, -0.25) is 5.43 Å². The summed E-state index contributed by atoms with van der Waals surface area (Å²) in [7, 11) is 1.62. The minimum Gasteiger partial charge on any atom is -0.497 e. The first-order valence-electron chi connectivity index (χ1n) is 9.11. The van der Waals surface area contributed by atoms with E-state index >= 15 is 0 Å². The zero-order valence-corrected chi connectivity index (χ0v) is 16.9. The van der Waals surface area contributed by atoms with Crippen LogP contribution in [0.4, 0.5) is 5.69 Å². The zero-order valence-electron chi connectivity index (χ0n) is 16.1. The van der Waals surface area contributed by atoms with Gasteiger partial charge in [0.1, 0.15) is 17.2 Å². The van der Waals surface area contributed by atoms with Gasteiger partial charge in [0.15, 0.2) is 16.6 Å². The first-order chi connectivity index (χ1) is 14.7. The van der Waals surface area contributed by atoms with E-state index in [0.717, 1.165) is 22.7 Å². The smallest absolute Gasteiger partial charge is 0.231 e. The molecule has 2 N–H and O–H groups in total. The third-order valence-electron chi connectivity index (χ3n) is 4.19. The monoisotopic (exact) mass is 421 g/mol. The Bertz CT molecular complexity index is 1050. The summed E-state index contributed by atoms with van der Waals surface area (Å²) in [5, 5.41) is 7.58. The van der Waals surface area contributed by atoms with Gasteiger partial charge in [0.25, 0.3) is 0 Å². The number of hydrogen-bond donors (Lipinski definition) is 2. The molecule has 0 aliphatic carbocycles. The molecule has 8 heteroatoms. The summed E-state index contributed by atoms with van der Waals surface area (Å²) in [4.78, 5) is 0. The predicted octanol–water partition coefficient (Wildman–Crippen LogP) is 4.54. The highest BCUT2D eigenvalue weighted by Gasteiger charge is 2.13. The van der Waals surface area contributed by atoms with Crippen LogP contribution in [0.2, 0.25) is 0 Å². The van der Waals surface area contributed by atoms with Crippen LogP contribution in [-0.4, -0.2) is 25.2 Å². The summed E-state index contributed by atoms with van der Waals surface area (Å²) < 4.78 is 21.6. The van der Waals surface area contributed by atoms with Gasteiger partial charge in [-0.2, -0.15) is 5.10 Å². The molecule has 3 aromatic rings. The number of ether oxygens (including phenoxy) is 4. The molecule has 0 atom stereocenters. The molecule has 152 valence electrons. The molecule has 4 rings (SSSR count). The molecule has 0 saturated carbocycles. The second-order valence-electron chi connectivity index (χ2n) is 6.24. The number of hydrazone groups is 1. The lowest BCUT2D eigenvalue weighted by Crippen LogP contribution is -2.23. The molecule has 0 bridgehead atoms. The lowest BCUT2D eigenvalue weighted by molar-refractivity contribution is 0.174. The third-order valence-corrected chi connectivity index (χ3v) is 4.38. The van der Waals surface area contributed by atoms with Crippen LogP contribution in [0.15, 0.2) is 71.8 Å². The molecule has 0 aromatic heterocycles.